The van der Waals surface area contributed by atoms with Gasteiger partial charge in [0.05, 0.1) is 7.11 Å². The van der Waals surface area contributed by atoms with E-state index in [0.29, 0.717) is 0 Å². The minimum Gasteiger partial charge on any atom is -0.496 e. The van der Waals surface area contributed by atoms with Gasteiger partial charge in [0.1, 0.15) is 5.75 Å². The molecule has 1 aromatic heterocycles. The van der Waals surface area contributed by atoms with E-state index in [1.807, 2.05) is 24.5 Å². The number of rotatable bonds is 4. The predicted octanol–water partition coefficient (Wildman–Crippen LogP) is 4.08. The molecular formula is C15H16BrNO. The fourth-order valence-electron chi connectivity index (χ4n) is 1.88. The standard InChI is InChI=1S/C15H16BrNO/c1-11-3-4-13(10-15(11)18-2)14(16)9-12-5-7-17-8-6-12/h3-8,10,14H,9H2,1-2H3. The molecule has 0 aliphatic carbocycles. The van der Waals surface area contributed by atoms with Crippen LogP contribution < -0.4 is 4.74 Å². The number of alkyl halides is 1. The van der Waals surface area contributed by atoms with Gasteiger partial charge >= 0.3 is 0 Å². The lowest BCUT2D eigenvalue weighted by molar-refractivity contribution is 0.411. The average molecular weight is 306 g/mol. The fourth-order valence-corrected chi connectivity index (χ4v) is 2.53. The summed E-state index contributed by atoms with van der Waals surface area (Å²) >= 11 is 3.73. The van der Waals surface area contributed by atoms with E-state index in [1.165, 1.54) is 11.1 Å². The van der Waals surface area contributed by atoms with E-state index in [-0.39, 0.29) is 4.83 Å². The summed E-state index contributed by atoms with van der Waals surface area (Å²) < 4.78 is 5.36. The molecule has 0 fully saturated rings. The molecule has 1 unspecified atom stereocenters. The molecule has 94 valence electrons. The van der Waals surface area contributed by atoms with Crippen LogP contribution in [-0.2, 0) is 6.42 Å². The fraction of sp³-hybridized carbons (Fsp3) is 0.267. The zero-order valence-electron chi connectivity index (χ0n) is 10.6. The van der Waals surface area contributed by atoms with Crippen molar-refractivity contribution in [1.82, 2.24) is 4.98 Å². The smallest absolute Gasteiger partial charge is 0.122 e. The van der Waals surface area contributed by atoms with E-state index in [9.17, 15) is 0 Å². The number of hydrogen-bond acceptors (Lipinski definition) is 2. The number of aryl methyl sites for hydroxylation is 1. The Morgan fingerprint density at radius 1 is 1.22 bits per heavy atom. The molecule has 2 rings (SSSR count). The zero-order chi connectivity index (χ0) is 13.0. The lowest BCUT2D eigenvalue weighted by Gasteiger charge is -2.13. The van der Waals surface area contributed by atoms with Crippen LogP contribution in [0.25, 0.3) is 0 Å². The van der Waals surface area contributed by atoms with Crippen molar-refractivity contribution in [3.63, 3.8) is 0 Å². The second-order valence-corrected chi connectivity index (χ2v) is 5.36. The average Bonchev–Trinajstić information content (AvgIpc) is 2.40. The number of benzene rings is 1. The maximum Gasteiger partial charge on any atom is 0.122 e. The molecule has 1 heterocycles. The summed E-state index contributed by atoms with van der Waals surface area (Å²) in [6, 6.07) is 10.4. The topological polar surface area (TPSA) is 22.1 Å². The van der Waals surface area contributed by atoms with Crippen LogP contribution in [0.1, 0.15) is 21.5 Å². The van der Waals surface area contributed by atoms with E-state index in [0.717, 1.165) is 17.7 Å². The highest BCUT2D eigenvalue weighted by molar-refractivity contribution is 9.09. The molecule has 2 nitrogen and oxygen atoms in total. The summed E-state index contributed by atoms with van der Waals surface area (Å²) in [5.74, 6) is 0.937. The second kappa shape index (κ2) is 6.01. The lowest BCUT2D eigenvalue weighted by atomic mass is 10.0. The highest BCUT2D eigenvalue weighted by Gasteiger charge is 2.10. The van der Waals surface area contributed by atoms with Crippen LogP contribution in [-0.4, -0.2) is 12.1 Å². The van der Waals surface area contributed by atoms with E-state index >= 15 is 0 Å². The van der Waals surface area contributed by atoms with Gasteiger partial charge in [-0.2, -0.15) is 0 Å². The van der Waals surface area contributed by atoms with Gasteiger partial charge in [0, 0.05) is 17.2 Å². The van der Waals surface area contributed by atoms with Crippen molar-refractivity contribution >= 4 is 15.9 Å². The van der Waals surface area contributed by atoms with Crippen LogP contribution in [0, 0.1) is 6.92 Å². The zero-order valence-corrected chi connectivity index (χ0v) is 12.1. The Hall–Kier alpha value is -1.35. The molecule has 1 aromatic carbocycles. The summed E-state index contributed by atoms with van der Waals surface area (Å²) in [4.78, 5) is 4.32. The SMILES string of the molecule is COc1cc(C(Br)Cc2ccncc2)ccc1C. The Kier molecular flexibility index (Phi) is 4.37. The summed E-state index contributed by atoms with van der Waals surface area (Å²) in [6.45, 7) is 2.05. The first-order valence-corrected chi connectivity index (χ1v) is 6.80. The normalized spacial score (nSPS) is 12.2. The van der Waals surface area contributed by atoms with Crippen LogP contribution in [0.3, 0.4) is 0 Å². The minimum absolute atomic E-state index is 0.286. The molecule has 0 spiro atoms. The first kappa shape index (κ1) is 13.1. The molecule has 0 N–H and O–H groups in total. The van der Waals surface area contributed by atoms with Crippen LogP contribution in [0.15, 0.2) is 42.7 Å². The van der Waals surface area contributed by atoms with Gasteiger partial charge in [-0.3, -0.25) is 4.98 Å². The van der Waals surface area contributed by atoms with E-state index in [4.69, 9.17) is 4.74 Å². The van der Waals surface area contributed by atoms with Gasteiger partial charge in [0.25, 0.3) is 0 Å². The van der Waals surface area contributed by atoms with Crippen molar-refractivity contribution in [3.05, 3.63) is 59.4 Å². The Morgan fingerprint density at radius 3 is 2.61 bits per heavy atom. The van der Waals surface area contributed by atoms with Gasteiger partial charge in [0.2, 0.25) is 0 Å². The predicted molar refractivity (Wildman–Crippen MR) is 77.3 cm³/mol. The molecule has 0 saturated heterocycles. The first-order chi connectivity index (χ1) is 8.70. The van der Waals surface area contributed by atoms with Crippen LogP contribution >= 0.6 is 15.9 Å². The molecule has 18 heavy (non-hydrogen) atoms. The Labute approximate surface area is 116 Å². The first-order valence-electron chi connectivity index (χ1n) is 5.88. The Bertz CT molecular complexity index is 513. The van der Waals surface area contributed by atoms with E-state index in [1.54, 1.807) is 7.11 Å². The monoisotopic (exact) mass is 305 g/mol. The van der Waals surface area contributed by atoms with Crippen LogP contribution in [0.4, 0.5) is 0 Å². The van der Waals surface area contributed by atoms with Gasteiger partial charge < -0.3 is 4.74 Å². The van der Waals surface area contributed by atoms with Crippen molar-refractivity contribution in [2.24, 2.45) is 0 Å². The number of halogens is 1. The van der Waals surface area contributed by atoms with E-state index < -0.39 is 0 Å². The summed E-state index contributed by atoms with van der Waals surface area (Å²) in [5.41, 5.74) is 3.66. The van der Waals surface area contributed by atoms with E-state index in [2.05, 4.69) is 46.0 Å². The highest BCUT2D eigenvalue weighted by Crippen LogP contribution is 2.30. The second-order valence-electron chi connectivity index (χ2n) is 4.26. The van der Waals surface area contributed by atoms with Gasteiger partial charge in [-0.1, -0.05) is 28.1 Å². The molecule has 0 amide bonds. The largest absolute Gasteiger partial charge is 0.496 e. The van der Waals surface area contributed by atoms with Gasteiger partial charge in [0.15, 0.2) is 0 Å². The maximum atomic E-state index is 5.36. The molecule has 0 bridgehead atoms. The van der Waals surface area contributed by atoms with Crippen molar-refractivity contribution in [1.29, 1.82) is 0 Å². The van der Waals surface area contributed by atoms with Crippen LogP contribution in [0.2, 0.25) is 0 Å². The number of hydrogen-bond donors (Lipinski definition) is 0. The molecule has 0 radical (unpaired) electrons. The number of aromatic nitrogens is 1. The molecule has 0 aliphatic heterocycles. The summed E-state index contributed by atoms with van der Waals surface area (Å²) in [7, 11) is 1.71. The van der Waals surface area contributed by atoms with Gasteiger partial charge in [-0.25, -0.2) is 0 Å². The Balaban J connectivity index is 2.16. The number of pyridine rings is 1. The Morgan fingerprint density at radius 2 is 1.94 bits per heavy atom. The molecule has 0 aliphatic rings. The maximum absolute atomic E-state index is 5.36. The third-order valence-electron chi connectivity index (χ3n) is 2.96. The third kappa shape index (κ3) is 3.10. The lowest BCUT2D eigenvalue weighted by Crippen LogP contribution is -1.97. The van der Waals surface area contributed by atoms with Crippen molar-refractivity contribution < 1.29 is 4.74 Å². The molecule has 3 heteroatoms. The van der Waals surface area contributed by atoms with Crippen molar-refractivity contribution in [2.75, 3.05) is 7.11 Å². The quantitative estimate of drug-likeness (QED) is 0.794. The van der Waals surface area contributed by atoms with Gasteiger partial charge in [-0.05, 0) is 48.2 Å². The summed E-state index contributed by atoms with van der Waals surface area (Å²) in [6.07, 6.45) is 4.59. The van der Waals surface area contributed by atoms with Gasteiger partial charge in [-0.15, -0.1) is 0 Å². The molecule has 1 atom stereocenters. The summed E-state index contributed by atoms with van der Waals surface area (Å²) in [5, 5.41) is 0. The highest BCUT2D eigenvalue weighted by atomic mass is 79.9. The third-order valence-corrected chi connectivity index (χ3v) is 3.81. The minimum atomic E-state index is 0.286. The molecule has 2 aromatic rings. The molecular weight excluding hydrogens is 290 g/mol. The molecule has 0 saturated carbocycles. The van der Waals surface area contributed by atoms with Crippen molar-refractivity contribution in [3.8, 4) is 5.75 Å². The van der Waals surface area contributed by atoms with Crippen LogP contribution in [0.5, 0.6) is 5.75 Å². The van der Waals surface area contributed by atoms with Crippen molar-refractivity contribution in [2.45, 2.75) is 18.2 Å². The number of methoxy groups -OCH3 is 1. The number of nitrogens with zero attached hydrogens (tertiary/aromatic N) is 1. The number of ether oxygens (including phenoxy) is 1.